The summed E-state index contributed by atoms with van der Waals surface area (Å²) < 4.78 is 10.5. The van der Waals surface area contributed by atoms with Crippen molar-refractivity contribution in [3.63, 3.8) is 0 Å². The number of benzene rings is 1. The van der Waals surface area contributed by atoms with Crippen LogP contribution in [0.5, 0.6) is 11.5 Å². The van der Waals surface area contributed by atoms with Gasteiger partial charge in [-0.2, -0.15) is 0 Å². The molecule has 0 aliphatic rings. The number of rotatable bonds is 3. The lowest BCUT2D eigenvalue weighted by Crippen LogP contribution is -1.89. The van der Waals surface area contributed by atoms with Gasteiger partial charge in [0.1, 0.15) is 0 Å². The van der Waals surface area contributed by atoms with E-state index in [1.54, 1.807) is 14.2 Å². The van der Waals surface area contributed by atoms with E-state index in [2.05, 4.69) is 24.9 Å². The van der Waals surface area contributed by atoms with E-state index in [0.29, 0.717) is 5.92 Å². The average Bonchev–Trinajstić information content (AvgIpc) is 2.69. The molecule has 0 saturated heterocycles. The number of nitrogens with one attached hydrogen (secondary N) is 1. The minimum absolute atomic E-state index is 0.490. The highest BCUT2D eigenvalue weighted by Gasteiger charge is 2.09. The van der Waals surface area contributed by atoms with Crippen LogP contribution in [0.2, 0.25) is 0 Å². The molecule has 1 aromatic heterocycles. The van der Waals surface area contributed by atoms with Crippen molar-refractivity contribution in [1.82, 2.24) is 4.98 Å². The highest BCUT2D eigenvalue weighted by Crippen LogP contribution is 2.33. The largest absolute Gasteiger partial charge is 0.493 e. The molecule has 0 aliphatic heterocycles. The van der Waals surface area contributed by atoms with E-state index in [0.717, 1.165) is 22.4 Å². The predicted octanol–water partition coefficient (Wildman–Crippen LogP) is 3.31. The molecule has 0 saturated carbocycles. The molecule has 0 atom stereocenters. The van der Waals surface area contributed by atoms with E-state index in [4.69, 9.17) is 9.47 Å². The molecule has 0 aliphatic carbocycles. The van der Waals surface area contributed by atoms with Gasteiger partial charge < -0.3 is 14.5 Å². The minimum Gasteiger partial charge on any atom is -0.493 e. The van der Waals surface area contributed by atoms with Crippen LogP contribution < -0.4 is 9.47 Å². The number of aromatic nitrogens is 1. The van der Waals surface area contributed by atoms with Crippen LogP contribution in [0.4, 0.5) is 0 Å². The molecule has 1 heterocycles. The summed E-state index contributed by atoms with van der Waals surface area (Å²) in [6.45, 7) is 4.33. The molecular weight excluding hydrogens is 202 g/mol. The Morgan fingerprint density at radius 1 is 1.00 bits per heavy atom. The van der Waals surface area contributed by atoms with Crippen molar-refractivity contribution < 1.29 is 9.47 Å². The zero-order valence-corrected chi connectivity index (χ0v) is 10.1. The van der Waals surface area contributed by atoms with Crippen molar-refractivity contribution in [2.75, 3.05) is 14.2 Å². The molecule has 1 N–H and O–H groups in total. The second kappa shape index (κ2) is 4.08. The fourth-order valence-corrected chi connectivity index (χ4v) is 1.79. The van der Waals surface area contributed by atoms with Crippen LogP contribution in [0.1, 0.15) is 25.5 Å². The second-order valence-electron chi connectivity index (χ2n) is 4.17. The molecule has 0 fully saturated rings. The first-order chi connectivity index (χ1) is 7.65. The van der Waals surface area contributed by atoms with Gasteiger partial charge in [0, 0.05) is 22.7 Å². The third kappa shape index (κ3) is 1.73. The standard InChI is InChI=1S/C13H17NO2/c1-8(2)10-5-9-6-12(15-3)13(16-4)7-11(9)14-10/h5-8,14H,1-4H3. The lowest BCUT2D eigenvalue weighted by atomic mass is 10.1. The Bertz CT molecular complexity index is 459. The Morgan fingerprint density at radius 2 is 1.62 bits per heavy atom. The molecule has 16 heavy (non-hydrogen) atoms. The quantitative estimate of drug-likeness (QED) is 0.859. The maximum atomic E-state index is 5.28. The van der Waals surface area contributed by atoms with E-state index in [1.165, 1.54) is 5.69 Å². The van der Waals surface area contributed by atoms with Crippen LogP contribution in [0.15, 0.2) is 18.2 Å². The lowest BCUT2D eigenvalue weighted by molar-refractivity contribution is 0.356. The number of fused-ring (bicyclic) bond motifs is 1. The maximum absolute atomic E-state index is 5.28. The van der Waals surface area contributed by atoms with Gasteiger partial charge in [0.05, 0.1) is 14.2 Å². The topological polar surface area (TPSA) is 34.2 Å². The highest BCUT2D eigenvalue weighted by atomic mass is 16.5. The Hall–Kier alpha value is -1.64. The van der Waals surface area contributed by atoms with Crippen molar-refractivity contribution in [2.45, 2.75) is 19.8 Å². The van der Waals surface area contributed by atoms with E-state index in [1.807, 2.05) is 12.1 Å². The fraction of sp³-hybridized carbons (Fsp3) is 0.385. The normalized spacial score (nSPS) is 11.1. The second-order valence-corrected chi connectivity index (χ2v) is 4.17. The van der Waals surface area contributed by atoms with Gasteiger partial charge in [-0.3, -0.25) is 0 Å². The first kappa shape index (κ1) is 10.9. The van der Waals surface area contributed by atoms with Crippen LogP contribution in [-0.2, 0) is 0 Å². The monoisotopic (exact) mass is 219 g/mol. The smallest absolute Gasteiger partial charge is 0.162 e. The Labute approximate surface area is 95.4 Å². The summed E-state index contributed by atoms with van der Waals surface area (Å²) in [6.07, 6.45) is 0. The molecule has 0 bridgehead atoms. The summed E-state index contributed by atoms with van der Waals surface area (Å²) in [5, 5.41) is 1.15. The van der Waals surface area contributed by atoms with Gasteiger partial charge in [0.2, 0.25) is 0 Å². The first-order valence-corrected chi connectivity index (χ1v) is 5.40. The van der Waals surface area contributed by atoms with Crippen molar-refractivity contribution in [3.8, 4) is 11.5 Å². The summed E-state index contributed by atoms with van der Waals surface area (Å²) in [4.78, 5) is 3.39. The van der Waals surface area contributed by atoms with Crippen molar-refractivity contribution >= 4 is 10.9 Å². The summed E-state index contributed by atoms with van der Waals surface area (Å²) in [5.41, 5.74) is 2.31. The molecule has 86 valence electrons. The summed E-state index contributed by atoms with van der Waals surface area (Å²) in [5.74, 6) is 2.01. The zero-order valence-electron chi connectivity index (χ0n) is 10.1. The SMILES string of the molecule is COc1cc2cc(C(C)C)[nH]c2cc1OC. The zero-order chi connectivity index (χ0) is 11.7. The summed E-state index contributed by atoms with van der Waals surface area (Å²) in [6, 6.07) is 6.12. The third-order valence-electron chi connectivity index (χ3n) is 2.77. The number of hydrogen-bond donors (Lipinski definition) is 1. The molecule has 0 amide bonds. The van der Waals surface area contributed by atoms with E-state index < -0.39 is 0 Å². The summed E-state index contributed by atoms with van der Waals surface area (Å²) >= 11 is 0. The van der Waals surface area contributed by atoms with Gasteiger partial charge in [-0.25, -0.2) is 0 Å². The fourth-order valence-electron chi connectivity index (χ4n) is 1.79. The Balaban J connectivity index is 2.60. The first-order valence-electron chi connectivity index (χ1n) is 5.40. The van der Waals surface area contributed by atoms with Gasteiger partial charge in [-0.05, 0) is 18.1 Å². The summed E-state index contributed by atoms with van der Waals surface area (Å²) in [7, 11) is 3.30. The van der Waals surface area contributed by atoms with Crippen LogP contribution in [0, 0.1) is 0 Å². The number of hydrogen-bond acceptors (Lipinski definition) is 2. The van der Waals surface area contributed by atoms with Gasteiger partial charge >= 0.3 is 0 Å². The van der Waals surface area contributed by atoms with Crippen molar-refractivity contribution in [2.24, 2.45) is 0 Å². The molecule has 3 heteroatoms. The Kier molecular flexibility index (Phi) is 2.77. The van der Waals surface area contributed by atoms with Crippen LogP contribution in [-0.4, -0.2) is 19.2 Å². The number of aromatic amines is 1. The van der Waals surface area contributed by atoms with Gasteiger partial charge in [0.15, 0.2) is 11.5 Å². The number of ether oxygens (including phenoxy) is 2. The minimum atomic E-state index is 0.490. The van der Waals surface area contributed by atoms with E-state index >= 15 is 0 Å². The molecule has 1 aromatic carbocycles. The molecule has 0 radical (unpaired) electrons. The van der Waals surface area contributed by atoms with Gasteiger partial charge in [-0.1, -0.05) is 13.8 Å². The molecule has 3 nitrogen and oxygen atoms in total. The molecule has 2 aromatic rings. The van der Waals surface area contributed by atoms with Crippen LogP contribution in [0.25, 0.3) is 10.9 Å². The molecule has 0 spiro atoms. The number of H-pyrrole nitrogens is 1. The van der Waals surface area contributed by atoms with Gasteiger partial charge in [0.25, 0.3) is 0 Å². The average molecular weight is 219 g/mol. The van der Waals surface area contributed by atoms with E-state index in [9.17, 15) is 0 Å². The van der Waals surface area contributed by atoms with Crippen LogP contribution in [0.3, 0.4) is 0 Å². The molecular formula is C13H17NO2. The number of methoxy groups -OCH3 is 2. The third-order valence-corrected chi connectivity index (χ3v) is 2.77. The van der Waals surface area contributed by atoms with Gasteiger partial charge in [-0.15, -0.1) is 0 Å². The van der Waals surface area contributed by atoms with Crippen LogP contribution >= 0.6 is 0 Å². The highest BCUT2D eigenvalue weighted by molar-refractivity contribution is 5.84. The lowest BCUT2D eigenvalue weighted by Gasteiger charge is -2.06. The molecule has 0 unspecified atom stereocenters. The van der Waals surface area contributed by atoms with Crippen molar-refractivity contribution in [3.05, 3.63) is 23.9 Å². The molecule has 2 rings (SSSR count). The van der Waals surface area contributed by atoms with E-state index in [-0.39, 0.29) is 0 Å². The Morgan fingerprint density at radius 3 is 2.19 bits per heavy atom. The predicted molar refractivity (Wildman–Crippen MR) is 65.5 cm³/mol. The maximum Gasteiger partial charge on any atom is 0.162 e. The van der Waals surface area contributed by atoms with Crippen molar-refractivity contribution in [1.29, 1.82) is 0 Å².